The van der Waals surface area contributed by atoms with E-state index in [1.807, 2.05) is 0 Å². The molecule has 0 spiro atoms. The van der Waals surface area contributed by atoms with Gasteiger partial charge in [-0.15, -0.1) is 0 Å². The van der Waals surface area contributed by atoms with E-state index in [-0.39, 0.29) is 10.7 Å². The molecule has 0 saturated heterocycles. The van der Waals surface area contributed by atoms with Gasteiger partial charge in [-0.25, -0.2) is 4.79 Å². The van der Waals surface area contributed by atoms with E-state index in [4.69, 9.17) is 20.8 Å². The maximum absolute atomic E-state index is 12.7. The topological polar surface area (TPSA) is 68.5 Å². The summed E-state index contributed by atoms with van der Waals surface area (Å²) in [7, 11) is 0. The van der Waals surface area contributed by atoms with Crippen LogP contribution in [0.2, 0.25) is 5.02 Å². The molecule has 0 aliphatic rings. The van der Waals surface area contributed by atoms with E-state index < -0.39 is 29.7 Å². The molecule has 0 unspecified atom stereocenters. The Morgan fingerprint density at radius 3 is 2.65 bits per heavy atom. The molecule has 1 aromatic carbocycles. The highest BCUT2D eigenvalue weighted by atomic mass is 35.5. The maximum atomic E-state index is 12.7. The Balaban J connectivity index is 1.99. The number of alkyl halides is 3. The average molecular weight is 388 g/mol. The smallest absolute Gasteiger partial charge is 0.416 e. The molecule has 0 aliphatic heterocycles. The Kier molecular flexibility index (Phi) is 6.10. The van der Waals surface area contributed by atoms with Crippen molar-refractivity contribution in [3.05, 3.63) is 59.0 Å². The van der Waals surface area contributed by atoms with Crippen LogP contribution in [-0.2, 0) is 20.5 Å². The van der Waals surface area contributed by atoms with Gasteiger partial charge in [-0.3, -0.25) is 4.79 Å². The molecule has 1 heterocycles. The normalized spacial score (nSPS) is 12.8. The van der Waals surface area contributed by atoms with Crippen molar-refractivity contribution < 1.29 is 31.9 Å². The van der Waals surface area contributed by atoms with Gasteiger partial charge in [-0.2, -0.15) is 13.2 Å². The van der Waals surface area contributed by atoms with Crippen molar-refractivity contribution in [2.45, 2.75) is 19.2 Å². The van der Waals surface area contributed by atoms with E-state index in [1.165, 1.54) is 19.3 Å². The Labute approximate surface area is 151 Å². The zero-order valence-corrected chi connectivity index (χ0v) is 14.1. The monoisotopic (exact) mass is 387 g/mol. The summed E-state index contributed by atoms with van der Waals surface area (Å²) < 4.78 is 48.0. The molecule has 0 bridgehead atoms. The molecule has 1 N–H and O–H groups in total. The molecule has 9 heteroatoms. The summed E-state index contributed by atoms with van der Waals surface area (Å²) in [5, 5.41) is 2.13. The molecule has 1 aromatic heterocycles. The predicted octanol–water partition coefficient (Wildman–Crippen LogP) is 4.54. The highest BCUT2D eigenvalue weighted by molar-refractivity contribution is 6.33. The second kappa shape index (κ2) is 8.09. The second-order valence-electron chi connectivity index (χ2n) is 5.11. The van der Waals surface area contributed by atoms with Crippen LogP contribution in [0.4, 0.5) is 18.9 Å². The predicted molar refractivity (Wildman–Crippen MR) is 88.4 cm³/mol. The number of anilines is 1. The molecule has 0 fully saturated rings. The molecule has 0 saturated carbocycles. The second-order valence-corrected chi connectivity index (χ2v) is 5.52. The van der Waals surface area contributed by atoms with Crippen LogP contribution in [0, 0.1) is 0 Å². The van der Waals surface area contributed by atoms with Crippen molar-refractivity contribution in [1.82, 2.24) is 0 Å². The Morgan fingerprint density at radius 1 is 1.31 bits per heavy atom. The summed E-state index contributed by atoms with van der Waals surface area (Å²) in [6.07, 6.45) is -2.02. The number of carbonyl (C=O) groups is 2. The molecule has 26 heavy (non-hydrogen) atoms. The summed E-state index contributed by atoms with van der Waals surface area (Å²) in [5.41, 5.74) is -1.20. The van der Waals surface area contributed by atoms with E-state index in [0.717, 1.165) is 18.2 Å². The van der Waals surface area contributed by atoms with E-state index >= 15 is 0 Å². The molecule has 1 atom stereocenters. The van der Waals surface area contributed by atoms with Crippen molar-refractivity contribution in [2.75, 3.05) is 5.32 Å². The molecule has 1 amide bonds. The first kappa shape index (κ1) is 19.6. The third-order valence-electron chi connectivity index (χ3n) is 3.14. The molecular formula is C17H13ClF3NO4. The van der Waals surface area contributed by atoms with Gasteiger partial charge in [0.05, 0.1) is 22.5 Å². The van der Waals surface area contributed by atoms with E-state index in [0.29, 0.717) is 11.8 Å². The zero-order chi connectivity index (χ0) is 19.3. The Bertz CT molecular complexity index is 816. The van der Waals surface area contributed by atoms with Gasteiger partial charge < -0.3 is 14.5 Å². The summed E-state index contributed by atoms with van der Waals surface area (Å²) >= 11 is 5.80. The van der Waals surface area contributed by atoms with Crippen LogP contribution in [0.25, 0.3) is 6.08 Å². The van der Waals surface area contributed by atoms with E-state index in [9.17, 15) is 22.8 Å². The third-order valence-corrected chi connectivity index (χ3v) is 3.47. The number of carbonyl (C=O) groups excluding carboxylic acids is 2. The van der Waals surface area contributed by atoms with Crippen LogP contribution in [0.5, 0.6) is 0 Å². The number of amides is 1. The van der Waals surface area contributed by atoms with E-state index in [2.05, 4.69) is 5.32 Å². The fourth-order valence-electron chi connectivity index (χ4n) is 1.84. The van der Waals surface area contributed by atoms with Gasteiger partial charge in [0.1, 0.15) is 5.76 Å². The number of esters is 1. The van der Waals surface area contributed by atoms with Crippen molar-refractivity contribution in [1.29, 1.82) is 0 Å². The van der Waals surface area contributed by atoms with Gasteiger partial charge in [0.25, 0.3) is 5.91 Å². The van der Waals surface area contributed by atoms with Crippen LogP contribution in [0.1, 0.15) is 18.2 Å². The van der Waals surface area contributed by atoms with Crippen LogP contribution < -0.4 is 5.32 Å². The molecule has 0 aliphatic carbocycles. The molecule has 2 rings (SSSR count). The zero-order valence-electron chi connectivity index (χ0n) is 13.3. The number of nitrogens with one attached hydrogen (secondary N) is 1. The highest BCUT2D eigenvalue weighted by Gasteiger charge is 2.31. The minimum atomic E-state index is -4.58. The van der Waals surface area contributed by atoms with Crippen molar-refractivity contribution in [2.24, 2.45) is 0 Å². The van der Waals surface area contributed by atoms with Gasteiger partial charge in [-0.1, -0.05) is 11.6 Å². The van der Waals surface area contributed by atoms with Gasteiger partial charge >= 0.3 is 12.1 Å². The van der Waals surface area contributed by atoms with Gasteiger partial charge in [0, 0.05) is 6.08 Å². The van der Waals surface area contributed by atoms with Gasteiger partial charge in [-0.05, 0) is 43.3 Å². The number of benzene rings is 1. The van der Waals surface area contributed by atoms with Crippen LogP contribution in [-0.4, -0.2) is 18.0 Å². The van der Waals surface area contributed by atoms with Crippen LogP contribution in [0.3, 0.4) is 0 Å². The van der Waals surface area contributed by atoms with Gasteiger partial charge in [0.2, 0.25) is 0 Å². The lowest BCUT2D eigenvalue weighted by atomic mass is 10.2. The minimum Gasteiger partial charge on any atom is -0.465 e. The summed E-state index contributed by atoms with van der Waals surface area (Å²) in [5.74, 6) is -1.24. The maximum Gasteiger partial charge on any atom is 0.416 e. The number of rotatable bonds is 5. The highest BCUT2D eigenvalue weighted by Crippen LogP contribution is 2.33. The number of hydrogen-bond donors (Lipinski definition) is 1. The molecule has 2 aromatic rings. The average Bonchev–Trinajstić information content (AvgIpc) is 3.07. The molecule has 0 radical (unpaired) electrons. The quantitative estimate of drug-likeness (QED) is 0.604. The first-order valence-electron chi connectivity index (χ1n) is 7.26. The minimum absolute atomic E-state index is 0.0809. The molecule has 138 valence electrons. The number of halogens is 4. The lowest BCUT2D eigenvalue weighted by Crippen LogP contribution is -2.29. The Morgan fingerprint density at radius 2 is 2.04 bits per heavy atom. The molecule has 5 nitrogen and oxygen atoms in total. The van der Waals surface area contributed by atoms with Crippen molar-refractivity contribution >= 4 is 35.2 Å². The first-order chi connectivity index (χ1) is 12.2. The summed E-state index contributed by atoms with van der Waals surface area (Å²) in [6, 6.07) is 5.74. The van der Waals surface area contributed by atoms with Crippen LogP contribution in [0.15, 0.2) is 47.1 Å². The fraction of sp³-hybridized carbons (Fsp3) is 0.176. The van der Waals surface area contributed by atoms with Crippen molar-refractivity contribution in [3.8, 4) is 0 Å². The Hall–Kier alpha value is -2.74. The number of hydrogen-bond acceptors (Lipinski definition) is 4. The summed E-state index contributed by atoms with van der Waals surface area (Å²) in [6.45, 7) is 1.27. The number of furan rings is 1. The fourth-order valence-corrected chi connectivity index (χ4v) is 2.00. The number of ether oxygens (including phenoxy) is 1. The largest absolute Gasteiger partial charge is 0.465 e. The van der Waals surface area contributed by atoms with Crippen molar-refractivity contribution in [3.63, 3.8) is 0 Å². The molecular weight excluding hydrogens is 375 g/mol. The standard InChI is InChI=1S/C17H13ClF3NO4/c1-10(26-15(23)7-5-12-3-2-8-25-12)16(24)22-14-9-11(17(19,20)21)4-6-13(14)18/h2-10H,1H3,(H,22,24)/b7-5+/t10-/m1/s1. The van der Waals surface area contributed by atoms with Crippen LogP contribution >= 0.6 is 11.6 Å². The lowest BCUT2D eigenvalue weighted by Gasteiger charge is -2.15. The first-order valence-corrected chi connectivity index (χ1v) is 7.64. The van der Waals surface area contributed by atoms with E-state index in [1.54, 1.807) is 12.1 Å². The SMILES string of the molecule is C[C@@H](OC(=O)/C=C/c1ccco1)C(=O)Nc1cc(C(F)(F)F)ccc1Cl. The summed E-state index contributed by atoms with van der Waals surface area (Å²) in [4.78, 5) is 23.7. The third kappa shape index (κ3) is 5.38. The van der Waals surface area contributed by atoms with Gasteiger partial charge in [0.15, 0.2) is 6.10 Å². The lowest BCUT2D eigenvalue weighted by molar-refractivity contribution is -0.148.